The second kappa shape index (κ2) is 6.76. The van der Waals surface area contributed by atoms with E-state index in [0.29, 0.717) is 6.54 Å². The van der Waals surface area contributed by atoms with E-state index in [1.165, 1.54) is 6.92 Å². The summed E-state index contributed by atoms with van der Waals surface area (Å²) < 4.78 is 6.09. The van der Waals surface area contributed by atoms with E-state index >= 15 is 0 Å². The summed E-state index contributed by atoms with van der Waals surface area (Å²) in [5, 5.41) is 8.11. The van der Waals surface area contributed by atoms with Crippen molar-refractivity contribution < 1.29 is 9.53 Å². The van der Waals surface area contributed by atoms with Crippen LogP contribution in [0.3, 0.4) is 0 Å². The Kier molecular flexibility index (Phi) is 5.03. The van der Waals surface area contributed by atoms with E-state index in [1.807, 2.05) is 29.6 Å². The van der Waals surface area contributed by atoms with Crippen molar-refractivity contribution in [2.45, 2.75) is 13.5 Å². The average molecular weight is 355 g/mol. The smallest absolute Gasteiger partial charge is 0.221 e. The number of hydrogen-bond acceptors (Lipinski definition) is 4. The number of rotatable bonds is 5. The first-order valence-corrected chi connectivity index (χ1v) is 7.69. The summed E-state index contributed by atoms with van der Waals surface area (Å²) in [6.07, 6.45) is 0. The highest BCUT2D eigenvalue weighted by atomic mass is 79.9. The highest BCUT2D eigenvalue weighted by Gasteiger charge is 2.06. The maximum atomic E-state index is 11.1. The van der Waals surface area contributed by atoms with Gasteiger partial charge < -0.3 is 15.4 Å². The molecular weight excluding hydrogens is 340 g/mol. The second-order valence-electron chi connectivity index (χ2n) is 4.14. The number of benzene rings is 1. The Hall–Kier alpha value is -1.53. The number of carbonyl (C=O) groups is 1. The van der Waals surface area contributed by atoms with Gasteiger partial charge in [0.25, 0.3) is 0 Å². The molecule has 4 nitrogen and oxygen atoms in total. The third kappa shape index (κ3) is 3.74. The number of nitrogens with one attached hydrogen (secondary N) is 2. The van der Waals surface area contributed by atoms with Crippen LogP contribution in [0.25, 0.3) is 0 Å². The van der Waals surface area contributed by atoms with Gasteiger partial charge in [0.05, 0.1) is 23.8 Å². The van der Waals surface area contributed by atoms with Crippen molar-refractivity contribution in [3.8, 4) is 5.75 Å². The summed E-state index contributed by atoms with van der Waals surface area (Å²) >= 11 is 5.06. The third-order valence-electron chi connectivity index (χ3n) is 2.66. The highest BCUT2D eigenvalue weighted by Crippen LogP contribution is 2.29. The highest BCUT2D eigenvalue weighted by molar-refractivity contribution is 9.10. The molecule has 0 aliphatic heterocycles. The Balaban J connectivity index is 2.03. The molecule has 2 rings (SSSR count). The number of amides is 1. The molecule has 0 aliphatic rings. The first kappa shape index (κ1) is 14.9. The molecule has 1 aromatic carbocycles. The summed E-state index contributed by atoms with van der Waals surface area (Å²) in [6.45, 7) is 2.17. The van der Waals surface area contributed by atoms with Gasteiger partial charge in [-0.15, -0.1) is 11.3 Å². The van der Waals surface area contributed by atoms with Crippen LogP contribution in [0.5, 0.6) is 5.75 Å². The monoisotopic (exact) mass is 354 g/mol. The lowest BCUT2D eigenvalue weighted by Gasteiger charge is -2.10. The molecular formula is C14H15BrN2O2S. The number of carbonyl (C=O) groups excluding carboxylic acids is 1. The van der Waals surface area contributed by atoms with E-state index in [4.69, 9.17) is 4.74 Å². The van der Waals surface area contributed by atoms with Gasteiger partial charge in [0.15, 0.2) is 0 Å². The predicted molar refractivity (Wildman–Crippen MR) is 86.6 cm³/mol. The molecule has 0 saturated heterocycles. The van der Waals surface area contributed by atoms with E-state index in [2.05, 4.69) is 26.6 Å². The summed E-state index contributed by atoms with van der Waals surface area (Å²) in [5.41, 5.74) is 1.85. The van der Waals surface area contributed by atoms with Gasteiger partial charge in [-0.2, -0.15) is 0 Å². The molecule has 106 valence electrons. The van der Waals surface area contributed by atoms with Crippen LogP contribution in [0.15, 0.2) is 34.1 Å². The zero-order valence-corrected chi connectivity index (χ0v) is 13.6. The Labute approximate surface area is 130 Å². The molecule has 1 amide bonds. The summed E-state index contributed by atoms with van der Waals surface area (Å²) in [7, 11) is 1.64. The van der Waals surface area contributed by atoms with E-state index < -0.39 is 0 Å². The minimum absolute atomic E-state index is 0.0585. The molecule has 0 atom stereocenters. The third-order valence-corrected chi connectivity index (χ3v) is 4.20. The van der Waals surface area contributed by atoms with E-state index in [-0.39, 0.29) is 5.91 Å². The predicted octanol–water partition coefficient (Wildman–Crippen LogP) is 4.09. The van der Waals surface area contributed by atoms with Crippen LogP contribution in [-0.4, -0.2) is 13.0 Å². The van der Waals surface area contributed by atoms with Crippen molar-refractivity contribution >= 4 is 44.5 Å². The first-order valence-electron chi connectivity index (χ1n) is 6.01. The zero-order valence-electron chi connectivity index (χ0n) is 11.2. The largest absolute Gasteiger partial charge is 0.496 e. The molecule has 6 heteroatoms. The van der Waals surface area contributed by atoms with Crippen molar-refractivity contribution in [3.63, 3.8) is 0 Å². The lowest BCUT2D eigenvalue weighted by molar-refractivity contribution is -0.114. The van der Waals surface area contributed by atoms with Crippen molar-refractivity contribution in [3.05, 3.63) is 39.0 Å². The van der Waals surface area contributed by atoms with Gasteiger partial charge in [0.1, 0.15) is 5.75 Å². The van der Waals surface area contributed by atoms with Gasteiger partial charge in [0.2, 0.25) is 5.91 Å². The molecule has 0 fully saturated rings. The fourth-order valence-electron chi connectivity index (χ4n) is 1.74. The van der Waals surface area contributed by atoms with Crippen LogP contribution >= 0.6 is 27.3 Å². The van der Waals surface area contributed by atoms with Gasteiger partial charge in [-0.3, -0.25) is 4.79 Å². The normalized spacial score (nSPS) is 10.2. The fraction of sp³-hybridized carbons (Fsp3) is 0.214. The molecule has 2 N–H and O–H groups in total. The Morgan fingerprint density at radius 2 is 2.20 bits per heavy atom. The fourth-order valence-corrected chi connectivity index (χ4v) is 3.05. The van der Waals surface area contributed by atoms with Crippen LogP contribution in [0.4, 0.5) is 11.4 Å². The molecule has 2 aromatic rings. The minimum atomic E-state index is -0.0585. The molecule has 0 aliphatic carbocycles. The van der Waals surface area contributed by atoms with Crippen molar-refractivity contribution in [1.29, 1.82) is 0 Å². The van der Waals surface area contributed by atoms with Crippen LogP contribution < -0.4 is 15.4 Å². The van der Waals surface area contributed by atoms with Crippen molar-refractivity contribution in [2.24, 2.45) is 0 Å². The topological polar surface area (TPSA) is 50.4 Å². The lowest BCUT2D eigenvalue weighted by atomic mass is 10.3. The molecule has 0 saturated carbocycles. The average Bonchev–Trinajstić information content (AvgIpc) is 2.83. The molecule has 0 spiro atoms. The number of halogens is 1. The van der Waals surface area contributed by atoms with Crippen LogP contribution in [0.2, 0.25) is 0 Å². The maximum absolute atomic E-state index is 11.1. The van der Waals surface area contributed by atoms with Crippen LogP contribution in [0, 0.1) is 0 Å². The maximum Gasteiger partial charge on any atom is 0.221 e. The Morgan fingerprint density at radius 3 is 2.85 bits per heavy atom. The summed E-state index contributed by atoms with van der Waals surface area (Å²) in [5.74, 6) is 0.738. The molecule has 0 unspecified atom stereocenters. The zero-order chi connectivity index (χ0) is 14.5. The van der Waals surface area contributed by atoms with E-state index in [1.54, 1.807) is 18.4 Å². The summed E-state index contributed by atoms with van der Waals surface area (Å²) in [4.78, 5) is 12.2. The SMILES string of the molecule is COc1ccc(NCc2sccc2NC(C)=O)cc1Br. The molecule has 20 heavy (non-hydrogen) atoms. The van der Waals surface area contributed by atoms with Crippen molar-refractivity contribution in [2.75, 3.05) is 17.7 Å². The van der Waals surface area contributed by atoms with Gasteiger partial charge in [-0.05, 0) is 45.6 Å². The number of hydrogen-bond donors (Lipinski definition) is 2. The Bertz CT molecular complexity index is 613. The van der Waals surface area contributed by atoms with Gasteiger partial charge in [-0.1, -0.05) is 0 Å². The quantitative estimate of drug-likeness (QED) is 0.849. The lowest BCUT2D eigenvalue weighted by Crippen LogP contribution is -2.08. The number of ether oxygens (including phenoxy) is 1. The number of methoxy groups -OCH3 is 1. The van der Waals surface area contributed by atoms with Gasteiger partial charge in [-0.25, -0.2) is 0 Å². The second-order valence-corrected chi connectivity index (χ2v) is 6.00. The Morgan fingerprint density at radius 1 is 1.40 bits per heavy atom. The molecule has 1 heterocycles. The van der Waals surface area contributed by atoms with E-state index in [0.717, 1.165) is 26.5 Å². The number of anilines is 2. The van der Waals surface area contributed by atoms with Crippen LogP contribution in [-0.2, 0) is 11.3 Å². The molecule has 1 aromatic heterocycles. The number of thiophene rings is 1. The van der Waals surface area contributed by atoms with Gasteiger partial charge in [0, 0.05) is 17.5 Å². The van der Waals surface area contributed by atoms with Crippen molar-refractivity contribution in [1.82, 2.24) is 0 Å². The minimum Gasteiger partial charge on any atom is -0.496 e. The van der Waals surface area contributed by atoms with Gasteiger partial charge >= 0.3 is 0 Å². The molecule has 0 radical (unpaired) electrons. The first-order chi connectivity index (χ1) is 9.60. The van der Waals surface area contributed by atoms with Crippen LogP contribution in [0.1, 0.15) is 11.8 Å². The van der Waals surface area contributed by atoms with E-state index in [9.17, 15) is 4.79 Å². The molecule has 0 bridgehead atoms. The summed E-state index contributed by atoms with van der Waals surface area (Å²) in [6, 6.07) is 7.72. The standard InChI is InChI=1S/C14H15BrN2O2S/c1-9(18)17-12-5-6-20-14(12)8-16-10-3-4-13(19-2)11(15)7-10/h3-7,16H,8H2,1-2H3,(H,17,18).